The molecule has 0 aliphatic heterocycles. The molecule has 3 heteroatoms. The molecule has 0 fully saturated rings. The largest absolute Gasteiger partial charge is 0.352 e. The molecule has 3 nitrogen and oxygen atoms in total. The lowest BCUT2D eigenvalue weighted by atomic mass is 10.1. The maximum absolute atomic E-state index is 11.8. The van der Waals surface area contributed by atoms with Crippen molar-refractivity contribution in [1.82, 2.24) is 10.6 Å². The number of carbonyl (C=O) groups is 1. The number of carbonyl (C=O) groups excluding carboxylic acids is 1. The molecule has 0 heterocycles. The molecule has 17 heavy (non-hydrogen) atoms. The van der Waals surface area contributed by atoms with Crippen LogP contribution < -0.4 is 10.6 Å². The fourth-order valence-electron chi connectivity index (χ4n) is 1.68. The van der Waals surface area contributed by atoms with E-state index >= 15 is 0 Å². The van der Waals surface area contributed by atoms with Gasteiger partial charge in [0, 0.05) is 12.1 Å². The van der Waals surface area contributed by atoms with Crippen LogP contribution in [0.1, 0.15) is 29.8 Å². The van der Waals surface area contributed by atoms with Crippen LogP contribution in [0.15, 0.2) is 24.3 Å². The molecule has 0 radical (unpaired) electrons. The van der Waals surface area contributed by atoms with Crippen molar-refractivity contribution in [2.75, 3.05) is 20.1 Å². The molecule has 94 valence electrons. The minimum absolute atomic E-state index is 0.00982. The quantitative estimate of drug-likeness (QED) is 0.788. The zero-order valence-electron chi connectivity index (χ0n) is 10.9. The van der Waals surface area contributed by atoms with E-state index in [9.17, 15) is 4.79 Å². The Morgan fingerprint density at radius 2 is 1.88 bits per heavy atom. The van der Waals surface area contributed by atoms with Gasteiger partial charge in [-0.3, -0.25) is 4.79 Å². The second-order valence-corrected chi connectivity index (χ2v) is 4.42. The Balaban J connectivity index is 2.46. The smallest absolute Gasteiger partial charge is 0.251 e. The van der Waals surface area contributed by atoms with E-state index in [0.717, 1.165) is 18.5 Å². The topological polar surface area (TPSA) is 41.1 Å². The average molecular weight is 234 g/mol. The van der Waals surface area contributed by atoms with E-state index in [4.69, 9.17) is 0 Å². The van der Waals surface area contributed by atoms with Gasteiger partial charge in [-0.25, -0.2) is 0 Å². The number of benzene rings is 1. The lowest BCUT2D eigenvalue weighted by Gasteiger charge is -2.12. The van der Waals surface area contributed by atoms with Gasteiger partial charge in [0.05, 0.1) is 0 Å². The van der Waals surface area contributed by atoms with Crippen molar-refractivity contribution >= 4 is 5.91 Å². The fourth-order valence-corrected chi connectivity index (χ4v) is 1.68. The fraction of sp³-hybridized carbons (Fsp3) is 0.500. The van der Waals surface area contributed by atoms with Gasteiger partial charge < -0.3 is 10.6 Å². The van der Waals surface area contributed by atoms with Crippen molar-refractivity contribution in [3.05, 3.63) is 35.4 Å². The van der Waals surface area contributed by atoms with Gasteiger partial charge in [0.15, 0.2) is 0 Å². The Morgan fingerprint density at radius 1 is 1.24 bits per heavy atom. The highest BCUT2D eigenvalue weighted by atomic mass is 16.1. The lowest BCUT2D eigenvalue weighted by molar-refractivity contribution is 0.0948. The molecule has 0 saturated carbocycles. The van der Waals surface area contributed by atoms with Gasteiger partial charge in [-0.2, -0.15) is 0 Å². The van der Waals surface area contributed by atoms with Crippen LogP contribution in [-0.2, 0) is 6.42 Å². The van der Waals surface area contributed by atoms with Crippen LogP contribution in [0.25, 0.3) is 0 Å². The molecule has 1 atom stereocenters. The van der Waals surface area contributed by atoms with Crippen LogP contribution in [0.2, 0.25) is 0 Å². The summed E-state index contributed by atoms with van der Waals surface area (Å²) in [4.78, 5) is 11.8. The maximum Gasteiger partial charge on any atom is 0.251 e. The average Bonchev–Trinajstić information content (AvgIpc) is 2.36. The summed E-state index contributed by atoms with van der Waals surface area (Å²) in [5.41, 5.74) is 1.99. The highest BCUT2D eigenvalue weighted by Gasteiger charge is 2.06. The highest BCUT2D eigenvalue weighted by molar-refractivity contribution is 5.94. The summed E-state index contributed by atoms with van der Waals surface area (Å²) in [6.45, 7) is 5.83. The Labute approximate surface area is 104 Å². The third-order valence-electron chi connectivity index (χ3n) is 2.79. The number of nitrogens with one attached hydrogen (secondary N) is 2. The van der Waals surface area contributed by atoms with E-state index in [1.807, 2.05) is 31.3 Å². The van der Waals surface area contributed by atoms with Crippen molar-refractivity contribution in [3.8, 4) is 0 Å². The van der Waals surface area contributed by atoms with E-state index in [1.165, 1.54) is 5.56 Å². The summed E-state index contributed by atoms with van der Waals surface area (Å²) in [6.07, 6.45) is 1.00. The molecule has 1 unspecified atom stereocenters. The van der Waals surface area contributed by atoms with Crippen LogP contribution >= 0.6 is 0 Å². The van der Waals surface area contributed by atoms with Crippen LogP contribution in [0, 0.1) is 5.92 Å². The van der Waals surface area contributed by atoms with Gasteiger partial charge in [-0.05, 0) is 43.6 Å². The van der Waals surface area contributed by atoms with Crippen molar-refractivity contribution in [2.24, 2.45) is 5.92 Å². The molecule has 0 aliphatic carbocycles. The van der Waals surface area contributed by atoms with Crippen LogP contribution in [-0.4, -0.2) is 26.0 Å². The predicted octanol–water partition coefficient (Wildman–Crippen LogP) is 1.83. The van der Waals surface area contributed by atoms with Gasteiger partial charge in [-0.1, -0.05) is 26.0 Å². The van der Waals surface area contributed by atoms with Gasteiger partial charge in [-0.15, -0.1) is 0 Å². The number of rotatable bonds is 6. The molecule has 0 bridgehead atoms. The monoisotopic (exact) mass is 234 g/mol. The summed E-state index contributed by atoms with van der Waals surface area (Å²) in [6, 6.07) is 7.78. The summed E-state index contributed by atoms with van der Waals surface area (Å²) < 4.78 is 0. The number of hydrogen-bond acceptors (Lipinski definition) is 2. The third-order valence-corrected chi connectivity index (χ3v) is 2.79. The lowest BCUT2D eigenvalue weighted by Crippen LogP contribution is -2.32. The minimum atomic E-state index is 0.00982. The Kier molecular flexibility index (Phi) is 5.70. The predicted molar refractivity (Wildman–Crippen MR) is 71.2 cm³/mol. The molecule has 0 aliphatic rings. The van der Waals surface area contributed by atoms with E-state index < -0.39 is 0 Å². The molecule has 1 aromatic rings. The Morgan fingerprint density at radius 3 is 2.41 bits per heavy atom. The van der Waals surface area contributed by atoms with Gasteiger partial charge in [0.1, 0.15) is 0 Å². The van der Waals surface area contributed by atoms with Gasteiger partial charge >= 0.3 is 0 Å². The molecular weight excluding hydrogens is 212 g/mol. The van der Waals surface area contributed by atoms with Crippen LogP contribution in [0.4, 0.5) is 0 Å². The first-order chi connectivity index (χ1) is 8.17. The molecule has 1 amide bonds. The first kappa shape index (κ1) is 13.7. The van der Waals surface area contributed by atoms with Gasteiger partial charge in [0.25, 0.3) is 5.91 Å². The second kappa shape index (κ2) is 7.07. The van der Waals surface area contributed by atoms with Crippen LogP contribution in [0.3, 0.4) is 0 Å². The van der Waals surface area contributed by atoms with E-state index in [1.54, 1.807) is 0 Å². The molecule has 2 N–H and O–H groups in total. The molecular formula is C14H22N2O. The van der Waals surface area contributed by atoms with E-state index in [2.05, 4.69) is 24.5 Å². The van der Waals surface area contributed by atoms with Crippen molar-refractivity contribution in [2.45, 2.75) is 20.3 Å². The maximum atomic E-state index is 11.8. The summed E-state index contributed by atoms with van der Waals surface area (Å²) in [5.74, 6) is 0.453. The minimum Gasteiger partial charge on any atom is -0.352 e. The van der Waals surface area contributed by atoms with E-state index in [-0.39, 0.29) is 5.91 Å². The van der Waals surface area contributed by atoms with Crippen molar-refractivity contribution in [1.29, 1.82) is 0 Å². The normalized spacial score (nSPS) is 12.2. The molecule has 1 rings (SSSR count). The molecule has 0 saturated heterocycles. The number of amides is 1. The Hall–Kier alpha value is -1.35. The first-order valence-corrected chi connectivity index (χ1v) is 6.19. The summed E-state index contributed by atoms with van der Waals surface area (Å²) in [7, 11) is 1.92. The first-order valence-electron chi connectivity index (χ1n) is 6.19. The second-order valence-electron chi connectivity index (χ2n) is 4.42. The standard InChI is InChI=1S/C14H22N2O/c1-4-12-5-7-13(8-6-12)14(17)16-10-11(2)9-15-3/h5-8,11,15H,4,9-10H2,1-3H3,(H,16,17). The van der Waals surface area contributed by atoms with E-state index in [0.29, 0.717) is 12.5 Å². The molecule has 0 aromatic heterocycles. The SMILES string of the molecule is CCc1ccc(C(=O)NCC(C)CNC)cc1. The molecule has 0 spiro atoms. The van der Waals surface area contributed by atoms with Crippen molar-refractivity contribution in [3.63, 3.8) is 0 Å². The number of aryl methyl sites for hydroxylation is 1. The molecule has 1 aromatic carbocycles. The van der Waals surface area contributed by atoms with Gasteiger partial charge in [0.2, 0.25) is 0 Å². The zero-order valence-corrected chi connectivity index (χ0v) is 10.9. The third kappa shape index (κ3) is 4.57. The highest BCUT2D eigenvalue weighted by Crippen LogP contribution is 2.05. The number of hydrogen-bond donors (Lipinski definition) is 2. The summed E-state index contributed by atoms with van der Waals surface area (Å²) >= 11 is 0. The summed E-state index contributed by atoms with van der Waals surface area (Å²) in [5, 5.41) is 6.04. The van der Waals surface area contributed by atoms with Crippen molar-refractivity contribution < 1.29 is 4.79 Å². The zero-order chi connectivity index (χ0) is 12.7. The Bertz CT molecular complexity index is 346. The van der Waals surface area contributed by atoms with Crippen LogP contribution in [0.5, 0.6) is 0 Å².